The van der Waals surface area contributed by atoms with Crippen LogP contribution in [0.2, 0.25) is 0 Å². The maximum Gasteiger partial charge on any atom is 0.187 e. The number of hydrogen-bond donors (Lipinski definition) is 0. The standard InChI is InChI=1S/C48H30N4/c1-49-37-22-24-38(25-23-37)51-44-18-10-8-16-39(44)41-28-34(20-26-46(41)51)35-21-27-47-42(29-35)40-17-9-11-19-45(40)52(47)48-31-36(32-12-4-2-5-13-32)30-43(50-48)33-14-6-3-7-15-33/h2-31H. The van der Waals surface area contributed by atoms with Crippen molar-refractivity contribution < 1.29 is 0 Å². The highest BCUT2D eigenvalue weighted by molar-refractivity contribution is 6.12. The van der Waals surface area contributed by atoms with E-state index in [-0.39, 0.29) is 0 Å². The Morgan fingerprint density at radius 1 is 0.385 bits per heavy atom. The van der Waals surface area contributed by atoms with Gasteiger partial charge in [0.2, 0.25) is 0 Å². The van der Waals surface area contributed by atoms with Gasteiger partial charge in [-0.15, -0.1) is 0 Å². The zero-order valence-electron chi connectivity index (χ0n) is 28.1. The molecule has 7 aromatic carbocycles. The van der Waals surface area contributed by atoms with Crippen LogP contribution < -0.4 is 0 Å². The molecule has 4 heteroatoms. The normalized spacial score (nSPS) is 11.4. The summed E-state index contributed by atoms with van der Waals surface area (Å²) >= 11 is 0. The lowest BCUT2D eigenvalue weighted by molar-refractivity contribution is 1.08. The largest absolute Gasteiger partial charge is 0.309 e. The molecule has 4 nitrogen and oxygen atoms in total. The molecule has 0 aliphatic rings. The van der Waals surface area contributed by atoms with Gasteiger partial charge in [-0.05, 0) is 82.9 Å². The minimum atomic E-state index is 0.639. The fourth-order valence-electron chi connectivity index (χ4n) is 7.69. The molecule has 0 aliphatic carbocycles. The van der Waals surface area contributed by atoms with Gasteiger partial charge in [-0.2, -0.15) is 0 Å². The predicted octanol–water partition coefficient (Wildman–Crippen LogP) is 12.8. The number of aromatic nitrogens is 3. The molecule has 3 heterocycles. The fourth-order valence-corrected chi connectivity index (χ4v) is 7.69. The van der Waals surface area contributed by atoms with E-state index in [2.05, 4.69) is 166 Å². The third kappa shape index (κ3) is 4.80. The van der Waals surface area contributed by atoms with E-state index in [9.17, 15) is 0 Å². The lowest BCUT2D eigenvalue weighted by Crippen LogP contribution is -2.00. The number of pyridine rings is 1. The highest BCUT2D eigenvalue weighted by Crippen LogP contribution is 2.39. The van der Waals surface area contributed by atoms with E-state index in [1.165, 1.54) is 21.5 Å². The molecule has 0 fully saturated rings. The van der Waals surface area contributed by atoms with Gasteiger partial charge in [-0.25, -0.2) is 9.83 Å². The van der Waals surface area contributed by atoms with E-state index in [1.807, 2.05) is 30.3 Å². The highest BCUT2D eigenvalue weighted by atomic mass is 15.1. The van der Waals surface area contributed by atoms with Crippen molar-refractivity contribution in [3.63, 3.8) is 0 Å². The Balaban J connectivity index is 1.16. The summed E-state index contributed by atoms with van der Waals surface area (Å²) in [5.74, 6) is 0.887. The Kier molecular flexibility index (Phi) is 6.84. The zero-order valence-corrected chi connectivity index (χ0v) is 28.1. The first kappa shape index (κ1) is 29.7. The van der Waals surface area contributed by atoms with Crippen LogP contribution in [0.15, 0.2) is 182 Å². The Labute approximate surface area is 300 Å². The average molecular weight is 663 g/mol. The first-order valence-electron chi connectivity index (χ1n) is 17.4. The topological polar surface area (TPSA) is 27.1 Å². The maximum absolute atomic E-state index is 7.39. The minimum absolute atomic E-state index is 0.639. The summed E-state index contributed by atoms with van der Waals surface area (Å²) in [6, 6.07) is 64.0. The number of rotatable bonds is 5. The second-order valence-corrected chi connectivity index (χ2v) is 13.1. The minimum Gasteiger partial charge on any atom is -0.309 e. The van der Waals surface area contributed by atoms with Gasteiger partial charge in [0.25, 0.3) is 0 Å². The van der Waals surface area contributed by atoms with Crippen molar-refractivity contribution in [1.29, 1.82) is 0 Å². The van der Waals surface area contributed by atoms with Gasteiger partial charge in [0.1, 0.15) is 5.82 Å². The third-order valence-electron chi connectivity index (χ3n) is 10.1. The van der Waals surface area contributed by atoms with Crippen LogP contribution in [0.1, 0.15) is 0 Å². The van der Waals surface area contributed by atoms with Crippen LogP contribution >= 0.6 is 0 Å². The Hall–Kier alpha value is -7.22. The van der Waals surface area contributed by atoms with Gasteiger partial charge in [-0.3, -0.25) is 4.57 Å². The molecule has 10 aromatic rings. The molecule has 0 spiro atoms. The molecular formula is C48H30N4. The summed E-state index contributed by atoms with van der Waals surface area (Å²) in [4.78, 5) is 8.89. The van der Waals surface area contributed by atoms with Crippen LogP contribution in [0, 0.1) is 6.57 Å². The van der Waals surface area contributed by atoms with Crippen molar-refractivity contribution in [2.45, 2.75) is 0 Å². The fraction of sp³-hybridized carbons (Fsp3) is 0. The zero-order chi connectivity index (χ0) is 34.6. The molecule has 0 N–H and O–H groups in total. The second-order valence-electron chi connectivity index (χ2n) is 13.1. The smallest absolute Gasteiger partial charge is 0.187 e. The molecule has 3 aromatic heterocycles. The van der Waals surface area contributed by atoms with E-state index in [0.29, 0.717) is 5.69 Å². The number of para-hydroxylation sites is 2. The van der Waals surface area contributed by atoms with Gasteiger partial charge in [0.15, 0.2) is 5.69 Å². The molecule has 0 saturated carbocycles. The van der Waals surface area contributed by atoms with Crippen LogP contribution in [-0.2, 0) is 0 Å². The molecule has 0 aliphatic heterocycles. The number of benzene rings is 7. The summed E-state index contributed by atoms with van der Waals surface area (Å²) in [7, 11) is 0. The SMILES string of the molecule is [C-]#[N+]c1ccc(-n2c3ccccc3c3cc(-c4ccc5c(c4)c4ccccc4n5-c4cc(-c5ccccc5)cc(-c5ccccc5)n4)ccc32)cc1. The number of nitrogens with zero attached hydrogens (tertiary/aromatic N) is 4. The van der Waals surface area contributed by atoms with Gasteiger partial charge in [-0.1, -0.05) is 121 Å². The molecule has 242 valence electrons. The molecule has 52 heavy (non-hydrogen) atoms. The van der Waals surface area contributed by atoms with E-state index in [4.69, 9.17) is 11.6 Å². The predicted molar refractivity (Wildman–Crippen MR) is 215 cm³/mol. The molecule has 0 bridgehead atoms. The average Bonchev–Trinajstić information content (AvgIpc) is 3.73. The van der Waals surface area contributed by atoms with Crippen LogP contribution in [0.4, 0.5) is 5.69 Å². The third-order valence-corrected chi connectivity index (χ3v) is 10.1. The van der Waals surface area contributed by atoms with Crippen molar-refractivity contribution in [2.75, 3.05) is 0 Å². The molecule has 10 rings (SSSR count). The lowest BCUT2D eigenvalue weighted by Gasteiger charge is -2.13. The van der Waals surface area contributed by atoms with Crippen LogP contribution in [0.3, 0.4) is 0 Å². The summed E-state index contributed by atoms with van der Waals surface area (Å²) < 4.78 is 4.60. The molecule has 0 radical (unpaired) electrons. The molecule has 0 unspecified atom stereocenters. The van der Waals surface area contributed by atoms with Gasteiger partial charge >= 0.3 is 0 Å². The van der Waals surface area contributed by atoms with Crippen molar-refractivity contribution in [1.82, 2.24) is 14.1 Å². The second kappa shape index (κ2) is 12.0. The maximum atomic E-state index is 7.39. The lowest BCUT2D eigenvalue weighted by atomic mass is 10.0. The van der Waals surface area contributed by atoms with E-state index in [1.54, 1.807) is 0 Å². The molecule has 0 amide bonds. The van der Waals surface area contributed by atoms with Crippen LogP contribution in [0.25, 0.3) is 93.5 Å². The monoisotopic (exact) mass is 662 g/mol. The van der Waals surface area contributed by atoms with Gasteiger partial charge in [0.05, 0.1) is 34.3 Å². The summed E-state index contributed by atoms with van der Waals surface area (Å²) in [5.41, 5.74) is 12.8. The van der Waals surface area contributed by atoms with Gasteiger partial charge in [0, 0.05) is 32.8 Å². The summed E-state index contributed by atoms with van der Waals surface area (Å²) in [6.45, 7) is 7.39. The highest BCUT2D eigenvalue weighted by Gasteiger charge is 2.18. The quantitative estimate of drug-likeness (QED) is 0.169. The number of fused-ring (bicyclic) bond motifs is 6. The Morgan fingerprint density at radius 3 is 1.52 bits per heavy atom. The first-order valence-corrected chi connectivity index (χ1v) is 17.4. The van der Waals surface area contributed by atoms with E-state index in [0.717, 1.165) is 67.1 Å². The summed E-state index contributed by atoms with van der Waals surface area (Å²) in [5, 5.41) is 4.77. The van der Waals surface area contributed by atoms with E-state index >= 15 is 0 Å². The van der Waals surface area contributed by atoms with Crippen molar-refractivity contribution in [2.24, 2.45) is 0 Å². The van der Waals surface area contributed by atoms with Crippen LogP contribution in [0.5, 0.6) is 0 Å². The first-order chi connectivity index (χ1) is 25.7. The van der Waals surface area contributed by atoms with Crippen molar-refractivity contribution >= 4 is 49.3 Å². The molecule has 0 saturated heterocycles. The molecule has 0 atom stereocenters. The Morgan fingerprint density at radius 2 is 0.904 bits per heavy atom. The van der Waals surface area contributed by atoms with E-state index < -0.39 is 0 Å². The number of hydrogen-bond acceptors (Lipinski definition) is 1. The Bertz CT molecular complexity index is 2940. The van der Waals surface area contributed by atoms with Crippen molar-refractivity contribution in [3.8, 4) is 45.0 Å². The molecular weight excluding hydrogens is 633 g/mol. The summed E-state index contributed by atoms with van der Waals surface area (Å²) in [6.07, 6.45) is 0. The van der Waals surface area contributed by atoms with Crippen LogP contribution in [-0.4, -0.2) is 14.1 Å². The van der Waals surface area contributed by atoms with Crippen molar-refractivity contribution in [3.05, 3.63) is 193 Å². The van der Waals surface area contributed by atoms with Gasteiger partial charge < -0.3 is 4.57 Å².